The quantitative estimate of drug-likeness (QED) is 0.0744. The monoisotopic (exact) mass is 875 g/mol. The van der Waals surface area contributed by atoms with E-state index in [9.17, 15) is 0 Å². The van der Waals surface area contributed by atoms with Gasteiger partial charge in [-0.3, -0.25) is 0 Å². The van der Waals surface area contributed by atoms with Crippen LogP contribution in [0.25, 0.3) is 10.6 Å². The van der Waals surface area contributed by atoms with E-state index in [-0.39, 0.29) is 31.8 Å². The first kappa shape index (κ1) is 42.8. The maximum atomic E-state index is 5.15. The maximum Gasteiger partial charge on any atom is 0 e. The smallest absolute Gasteiger partial charge is 0 e. The summed E-state index contributed by atoms with van der Waals surface area (Å²) in [5, 5.41) is 12.9. The van der Waals surface area contributed by atoms with E-state index in [0.717, 1.165) is 29.7 Å². The minimum atomic E-state index is -0.724. The van der Waals surface area contributed by atoms with Crippen LogP contribution in [0.2, 0.25) is 0 Å². The first-order valence-electron chi connectivity index (χ1n) is 17.5. The van der Waals surface area contributed by atoms with Crippen LogP contribution in [0, 0.1) is 20.8 Å². The van der Waals surface area contributed by atoms with E-state index in [1.165, 1.54) is 21.7 Å². The number of rotatable bonds is 10. The summed E-state index contributed by atoms with van der Waals surface area (Å²) in [6.45, 7) is 12.6. The molecule has 0 bridgehead atoms. The molecule has 2 nitrogen and oxygen atoms in total. The van der Waals surface area contributed by atoms with E-state index in [4.69, 9.17) is 10.6 Å². The number of hydrogen-bond donors (Lipinski definition) is 0. The Morgan fingerprint density at radius 3 is 1.00 bits per heavy atom. The normalized spacial score (nSPS) is 10.4. The third-order valence-corrected chi connectivity index (χ3v) is 10.1. The Morgan fingerprint density at radius 2 is 0.679 bits per heavy atom. The van der Waals surface area contributed by atoms with Crippen molar-refractivity contribution in [2.75, 3.05) is 6.54 Å². The van der Waals surface area contributed by atoms with Gasteiger partial charge in [-0.05, 0) is 22.6 Å². The third kappa shape index (κ3) is 17.6. The van der Waals surface area contributed by atoms with E-state index < -0.39 is 7.92 Å². The summed E-state index contributed by atoms with van der Waals surface area (Å²) >= 11 is 0. The topological polar surface area (TPSA) is 28.2 Å². The van der Waals surface area contributed by atoms with Gasteiger partial charge < -0.3 is 10.6 Å². The Kier molecular flexibility index (Phi) is 21.1. The molecule has 0 aliphatic rings. The fourth-order valence-corrected chi connectivity index (χ4v) is 7.31. The molecule has 0 N–H and O–H groups in total. The zero-order valence-corrected chi connectivity index (χ0v) is 34.9. The second-order valence-electron chi connectivity index (χ2n) is 11.8. The van der Waals surface area contributed by atoms with Crippen LogP contribution in [-0.2, 0) is 38.8 Å². The van der Waals surface area contributed by atoms with Crippen molar-refractivity contribution in [1.29, 1.82) is 0 Å². The Balaban J connectivity index is 0.000000275. The van der Waals surface area contributed by atoms with Gasteiger partial charge in [0.25, 0.3) is 0 Å². The van der Waals surface area contributed by atoms with Gasteiger partial charge in [-0.15, -0.1) is 49.5 Å². The van der Waals surface area contributed by atoms with Crippen molar-refractivity contribution < 1.29 is 25.8 Å². The average molecular weight is 874 g/mol. The first-order valence-corrected chi connectivity index (χ1v) is 18.9. The SMILES string of the molecule is [CH2-]c1ccccc1.[CH2-]c1ccccc1.[CH2-]c1ccccc1.[Hf].c1ccc(CC[N-]C([N-]Cc2ccccc2)P(c2ccccc2)c2ccccc2)cc1. The largest absolute Gasteiger partial charge is 0.673 e. The standard InChI is InChI=1S/C28H27N2P.3C7H7.Hf/c1-5-13-24(14-6-1)21-22-29-28(30-23-25-15-7-2-8-16-25)31(26-17-9-3-10-18-26)27-19-11-4-12-20-27;3*1-7-5-3-2-4-6-7;/h1-20,28H,21-23H2;3*2-6H,1H2;/q-2;3*-1;. The van der Waals surface area contributed by atoms with Crippen molar-refractivity contribution in [2.24, 2.45) is 0 Å². The predicted molar refractivity (Wildman–Crippen MR) is 227 cm³/mol. The van der Waals surface area contributed by atoms with Crippen LogP contribution >= 0.6 is 7.92 Å². The molecule has 1 atom stereocenters. The molecule has 4 heteroatoms. The van der Waals surface area contributed by atoms with E-state index in [1.807, 2.05) is 97.1 Å². The Hall–Kier alpha value is -4.63. The van der Waals surface area contributed by atoms with Gasteiger partial charge in [0.1, 0.15) is 0 Å². The molecule has 0 radical (unpaired) electrons. The summed E-state index contributed by atoms with van der Waals surface area (Å²) in [6, 6.07) is 72.2. The van der Waals surface area contributed by atoms with Gasteiger partial charge in [-0.2, -0.15) is 73.9 Å². The summed E-state index contributed by atoms with van der Waals surface area (Å²) in [5.74, 6) is -0.0799. The Labute approximate surface area is 339 Å². The fourth-order valence-electron chi connectivity index (χ4n) is 4.97. The molecule has 0 saturated carbocycles. The number of hydrogen-bond acceptors (Lipinski definition) is 0. The maximum absolute atomic E-state index is 5.15. The van der Waals surface area contributed by atoms with Crippen LogP contribution in [0.15, 0.2) is 212 Å². The number of nitrogens with zero attached hydrogens (tertiary/aromatic N) is 2. The summed E-state index contributed by atoms with van der Waals surface area (Å²) in [5.41, 5.74) is 5.76. The molecule has 0 aliphatic carbocycles. The van der Waals surface area contributed by atoms with Gasteiger partial charge in [0.15, 0.2) is 0 Å². The summed E-state index contributed by atoms with van der Waals surface area (Å²) in [4.78, 5) is 0. The van der Waals surface area contributed by atoms with Crippen molar-refractivity contribution in [3.63, 3.8) is 0 Å². The van der Waals surface area contributed by atoms with Gasteiger partial charge in [-0.1, -0.05) is 153 Å². The molecule has 53 heavy (non-hydrogen) atoms. The van der Waals surface area contributed by atoms with Crippen molar-refractivity contribution >= 4 is 18.5 Å². The molecule has 0 aliphatic heterocycles. The first-order chi connectivity index (χ1) is 25.6. The Bertz CT molecular complexity index is 1730. The van der Waals surface area contributed by atoms with Gasteiger partial charge >= 0.3 is 0 Å². The fraction of sp³-hybridized carbons (Fsp3) is 0.0816. The van der Waals surface area contributed by atoms with Gasteiger partial charge in [0.05, 0.1) is 0 Å². The molecular weight excluding hydrogens is 826 g/mol. The molecule has 0 heterocycles. The van der Waals surface area contributed by atoms with Crippen LogP contribution in [-0.4, -0.2) is 12.5 Å². The molecule has 0 spiro atoms. The molecule has 0 amide bonds. The minimum absolute atomic E-state index is 0. The second-order valence-corrected chi connectivity index (χ2v) is 14.0. The van der Waals surface area contributed by atoms with Crippen molar-refractivity contribution in [1.82, 2.24) is 0 Å². The van der Waals surface area contributed by atoms with E-state index >= 15 is 0 Å². The average Bonchev–Trinajstić information content (AvgIpc) is 3.20. The van der Waals surface area contributed by atoms with Gasteiger partial charge in [0, 0.05) is 25.8 Å². The van der Waals surface area contributed by atoms with Crippen LogP contribution in [0.3, 0.4) is 0 Å². The molecule has 268 valence electrons. The van der Waals surface area contributed by atoms with Crippen molar-refractivity contribution in [3.05, 3.63) is 272 Å². The zero-order valence-electron chi connectivity index (χ0n) is 30.4. The van der Waals surface area contributed by atoms with Gasteiger partial charge in [-0.25, -0.2) is 5.91 Å². The van der Waals surface area contributed by atoms with Crippen molar-refractivity contribution in [3.8, 4) is 0 Å². The van der Waals surface area contributed by atoms with Gasteiger partial charge in [0.2, 0.25) is 0 Å². The molecule has 7 aromatic carbocycles. The van der Waals surface area contributed by atoms with Crippen LogP contribution in [0.1, 0.15) is 27.8 Å². The number of benzene rings is 7. The summed E-state index contributed by atoms with van der Waals surface area (Å²) in [6.07, 6.45) is 0.935. The molecular formula is C49H48HfN2P-5. The molecule has 0 fully saturated rings. The van der Waals surface area contributed by atoms with E-state index in [0.29, 0.717) is 6.54 Å². The molecule has 7 rings (SSSR count). The molecule has 0 saturated heterocycles. The summed E-state index contributed by atoms with van der Waals surface area (Å²) in [7, 11) is -0.724. The van der Waals surface area contributed by atoms with Crippen molar-refractivity contribution in [2.45, 2.75) is 18.9 Å². The molecule has 7 aromatic rings. The summed E-state index contributed by atoms with van der Waals surface area (Å²) < 4.78 is 0. The molecule has 0 aromatic heterocycles. The minimum Gasteiger partial charge on any atom is -0.673 e. The van der Waals surface area contributed by atoms with Crippen LogP contribution in [0.5, 0.6) is 0 Å². The predicted octanol–water partition coefficient (Wildman–Crippen LogP) is 12.2. The van der Waals surface area contributed by atoms with E-state index in [2.05, 4.69) is 136 Å². The third-order valence-electron chi connectivity index (χ3n) is 7.64. The zero-order chi connectivity index (χ0) is 36.5. The van der Waals surface area contributed by atoms with Crippen LogP contribution < -0.4 is 10.6 Å². The molecule has 1 unspecified atom stereocenters. The Morgan fingerprint density at radius 1 is 0.377 bits per heavy atom. The second kappa shape index (κ2) is 26.2. The van der Waals surface area contributed by atoms with Crippen LogP contribution in [0.4, 0.5) is 0 Å². The van der Waals surface area contributed by atoms with E-state index in [1.54, 1.807) is 0 Å².